The molecule has 0 saturated heterocycles. The fraction of sp³-hybridized carbons (Fsp3) is 0.364. The van der Waals surface area contributed by atoms with Crippen molar-refractivity contribution < 1.29 is 5.11 Å². The second-order valence-corrected chi connectivity index (χ2v) is 2.46. The maximum absolute atomic E-state index is 8.26. The number of hydrogen-bond donors (Lipinski definition) is 1. The second kappa shape index (κ2) is 10.8. The zero-order chi connectivity index (χ0) is 9.78. The van der Waals surface area contributed by atoms with Gasteiger partial charge in [0.15, 0.2) is 0 Å². The quantitative estimate of drug-likeness (QED) is 0.571. The third kappa shape index (κ3) is 10.8. The largest absolute Gasteiger partial charge is 0.396 e. The minimum absolute atomic E-state index is 0.310. The van der Waals surface area contributed by atoms with Gasteiger partial charge in [-0.15, -0.1) is 0 Å². The summed E-state index contributed by atoms with van der Waals surface area (Å²) >= 11 is 0. The first-order valence-electron chi connectivity index (χ1n) is 4.48. The molecule has 1 heterocycles. The summed E-state index contributed by atoms with van der Waals surface area (Å²) in [4.78, 5) is 3.78. The van der Waals surface area contributed by atoms with Crippen LogP contribution < -0.4 is 0 Å². The van der Waals surface area contributed by atoms with Crippen LogP contribution in [0, 0.1) is 0 Å². The summed E-state index contributed by atoms with van der Waals surface area (Å²) in [5.74, 6) is 0. The molecule has 0 radical (unpaired) electrons. The number of aliphatic hydroxyl groups is 1. The lowest BCUT2D eigenvalue weighted by Gasteiger charge is -1.83. The lowest BCUT2D eigenvalue weighted by Crippen LogP contribution is -1.77. The van der Waals surface area contributed by atoms with Gasteiger partial charge in [0.2, 0.25) is 0 Å². The average molecular weight is 179 g/mol. The molecule has 1 aromatic rings. The van der Waals surface area contributed by atoms with Gasteiger partial charge in [-0.1, -0.05) is 18.2 Å². The molecule has 72 valence electrons. The zero-order valence-corrected chi connectivity index (χ0v) is 8.06. The molecule has 0 aromatic carbocycles. The lowest BCUT2D eigenvalue weighted by molar-refractivity contribution is 0.289. The highest BCUT2D eigenvalue weighted by molar-refractivity contribution is 4.88. The van der Waals surface area contributed by atoms with Gasteiger partial charge >= 0.3 is 0 Å². The van der Waals surface area contributed by atoms with E-state index in [-0.39, 0.29) is 0 Å². The predicted molar refractivity (Wildman–Crippen MR) is 55.4 cm³/mol. The van der Waals surface area contributed by atoms with E-state index >= 15 is 0 Å². The first-order valence-corrected chi connectivity index (χ1v) is 4.48. The number of nitrogens with zero attached hydrogens (tertiary/aromatic N) is 1. The van der Waals surface area contributed by atoms with Crippen molar-refractivity contribution in [1.29, 1.82) is 0 Å². The highest BCUT2D eigenvalue weighted by Crippen LogP contribution is 1.86. The fourth-order valence-electron chi connectivity index (χ4n) is 0.688. The van der Waals surface area contributed by atoms with Gasteiger partial charge < -0.3 is 5.11 Å². The van der Waals surface area contributed by atoms with Crippen LogP contribution in [0.5, 0.6) is 0 Å². The third-order valence-corrected chi connectivity index (χ3v) is 1.33. The van der Waals surface area contributed by atoms with Crippen LogP contribution in [0.3, 0.4) is 0 Å². The van der Waals surface area contributed by atoms with Gasteiger partial charge in [0.05, 0.1) is 0 Å². The van der Waals surface area contributed by atoms with Gasteiger partial charge in [-0.05, 0) is 31.9 Å². The minimum atomic E-state index is 0.310. The summed E-state index contributed by atoms with van der Waals surface area (Å²) < 4.78 is 0. The van der Waals surface area contributed by atoms with Crippen molar-refractivity contribution in [3.63, 3.8) is 0 Å². The number of rotatable bonds is 3. The number of hydrogen-bond acceptors (Lipinski definition) is 2. The van der Waals surface area contributed by atoms with Gasteiger partial charge in [0.1, 0.15) is 0 Å². The summed E-state index contributed by atoms with van der Waals surface area (Å²) in [6.07, 6.45) is 9.45. The van der Waals surface area contributed by atoms with Gasteiger partial charge in [0.25, 0.3) is 0 Å². The summed E-state index contributed by atoms with van der Waals surface area (Å²) in [6.45, 7) is 2.29. The van der Waals surface area contributed by atoms with Gasteiger partial charge in [-0.25, -0.2) is 0 Å². The molecule has 0 saturated carbocycles. The molecule has 0 fully saturated rings. The van der Waals surface area contributed by atoms with Crippen LogP contribution >= 0.6 is 0 Å². The van der Waals surface area contributed by atoms with Crippen molar-refractivity contribution in [3.8, 4) is 0 Å². The molecule has 0 amide bonds. The van der Waals surface area contributed by atoms with Crippen LogP contribution in [-0.4, -0.2) is 16.7 Å². The molecule has 1 aromatic heterocycles. The summed E-state index contributed by atoms with van der Waals surface area (Å²) in [7, 11) is 0. The van der Waals surface area contributed by atoms with Crippen molar-refractivity contribution in [2.24, 2.45) is 0 Å². The second-order valence-electron chi connectivity index (χ2n) is 2.46. The minimum Gasteiger partial charge on any atom is -0.396 e. The number of aromatic nitrogens is 1. The molecule has 0 atom stereocenters. The Morgan fingerprint density at radius 1 is 1.23 bits per heavy atom. The average Bonchev–Trinajstić information content (AvgIpc) is 2.22. The van der Waals surface area contributed by atoms with E-state index in [1.165, 1.54) is 0 Å². The molecule has 0 aliphatic heterocycles. The van der Waals surface area contributed by atoms with Gasteiger partial charge in [0, 0.05) is 19.0 Å². The van der Waals surface area contributed by atoms with E-state index in [1.54, 1.807) is 12.4 Å². The molecule has 1 rings (SSSR count). The van der Waals surface area contributed by atoms with Gasteiger partial charge in [-0.3, -0.25) is 4.98 Å². The highest BCUT2D eigenvalue weighted by Gasteiger charge is 1.74. The molecule has 13 heavy (non-hydrogen) atoms. The van der Waals surface area contributed by atoms with Crippen LogP contribution in [0.25, 0.3) is 0 Å². The molecular weight excluding hydrogens is 162 g/mol. The topological polar surface area (TPSA) is 33.1 Å². The normalized spacial score (nSPS) is 9.38. The van der Waals surface area contributed by atoms with E-state index in [0.717, 1.165) is 12.8 Å². The first-order chi connectivity index (χ1) is 6.41. The third-order valence-electron chi connectivity index (χ3n) is 1.33. The Morgan fingerprint density at radius 2 is 1.92 bits per heavy atom. The number of pyridine rings is 1. The highest BCUT2D eigenvalue weighted by atomic mass is 16.2. The monoisotopic (exact) mass is 179 g/mol. The Hall–Kier alpha value is -1.15. The van der Waals surface area contributed by atoms with Crippen LogP contribution in [0.2, 0.25) is 0 Å². The summed E-state index contributed by atoms with van der Waals surface area (Å²) in [5, 5.41) is 8.26. The van der Waals surface area contributed by atoms with Crippen molar-refractivity contribution in [2.75, 3.05) is 6.61 Å². The van der Waals surface area contributed by atoms with E-state index in [1.807, 2.05) is 31.2 Å². The maximum atomic E-state index is 8.26. The molecular formula is C11H17NO. The molecule has 0 spiro atoms. The van der Waals surface area contributed by atoms with E-state index in [2.05, 4.69) is 11.1 Å². The Kier molecular flexibility index (Phi) is 9.89. The predicted octanol–water partition coefficient (Wildman–Crippen LogP) is 2.42. The molecule has 0 unspecified atom stereocenters. The molecule has 0 aliphatic rings. The Balaban J connectivity index is 0.000000223. The van der Waals surface area contributed by atoms with E-state index in [0.29, 0.717) is 6.61 Å². The Bertz CT molecular complexity index is 170. The standard InChI is InChI=1S/C6H12O.C5H5N/c1-2-3-4-5-6-7;1-2-4-6-5-3-1/h2-3,7H,4-6H2,1H3;1-5H. The molecule has 1 N–H and O–H groups in total. The van der Waals surface area contributed by atoms with Crippen molar-refractivity contribution in [1.82, 2.24) is 4.98 Å². The zero-order valence-electron chi connectivity index (χ0n) is 8.06. The smallest absolute Gasteiger partial charge is 0.0433 e. The SMILES string of the molecule is CC=CCCCO.c1ccncc1. The lowest BCUT2D eigenvalue weighted by atomic mass is 10.3. The first kappa shape index (κ1) is 11.8. The van der Waals surface area contributed by atoms with Crippen LogP contribution in [0.15, 0.2) is 42.7 Å². The van der Waals surface area contributed by atoms with Crippen molar-refractivity contribution >= 4 is 0 Å². The van der Waals surface area contributed by atoms with Crippen molar-refractivity contribution in [3.05, 3.63) is 42.7 Å². The van der Waals surface area contributed by atoms with E-state index in [9.17, 15) is 0 Å². The fourth-order valence-corrected chi connectivity index (χ4v) is 0.688. The molecule has 0 aliphatic carbocycles. The van der Waals surface area contributed by atoms with E-state index < -0.39 is 0 Å². The molecule has 2 heteroatoms. The maximum Gasteiger partial charge on any atom is 0.0433 e. The number of allylic oxidation sites excluding steroid dienone is 2. The van der Waals surface area contributed by atoms with Gasteiger partial charge in [-0.2, -0.15) is 0 Å². The van der Waals surface area contributed by atoms with Crippen LogP contribution in [-0.2, 0) is 0 Å². The van der Waals surface area contributed by atoms with Crippen LogP contribution in [0.1, 0.15) is 19.8 Å². The summed E-state index contributed by atoms with van der Waals surface area (Å²) in [5.41, 5.74) is 0. The van der Waals surface area contributed by atoms with Crippen LogP contribution in [0.4, 0.5) is 0 Å². The van der Waals surface area contributed by atoms with E-state index in [4.69, 9.17) is 5.11 Å². The summed E-state index contributed by atoms with van der Waals surface area (Å²) in [6, 6.07) is 5.72. The molecule has 0 bridgehead atoms. The Morgan fingerprint density at radius 3 is 2.23 bits per heavy atom. The number of unbranched alkanes of at least 4 members (excludes halogenated alkanes) is 1. The number of aliphatic hydroxyl groups excluding tert-OH is 1. The Labute approximate surface area is 80.0 Å². The van der Waals surface area contributed by atoms with Crippen molar-refractivity contribution in [2.45, 2.75) is 19.8 Å². The molecule has 2 nitrogen and oxygen atoms in total.